The molecule has 3 aromatic carbocycles. The van der Waals surface area contributed by atoms with E-state index in [1.165, 1.54) is 23.3 Å². The minimum atomic E-state index is -1.01. The average Bonchev–Trinajstić information content (AvgIpc) is 3.05. The maximum Gasteiger partial charge on any atom is 0.407 e. The van der Waals surface area contributed by atoms with Crippen LogP contribution in [0.3, 0.4) is 0 Å². The van der Waals surface area contributed by atoms with Crippen LogP contribution in [0.4, 0.5) is 4.79 Å². The van der Waals surface area contributed by atoms with Crippen molar-refractivity contribution in [3.05, 3.63) is 93.5 Å². The summed E-state index contributed by atoms with van der Waals surface area (Å²) in [6, 6.07) is 21.0. The third-order valence-corrected chi connectivity index (χ3v) is 5.83. The molecule has 29 heavy (non-hydrogen) atoms. The summed E-state index contributed by atoms with van der Waals surface area (Å²) in [7, 11) is 0. The lowest BCUT2D eigenvalue weighted by molar-refractivity contribution is 0.0696. The van der Waals surface area contributed by atoms with Crippen LogP contribution >= 0.6 is 15.9 Å². The van der Waals surface area contributed by atoms with Gasteiger partial charge in [0.15, 0.2) is 0 Å². The van der Waals surface area contributed by atoms with E-state index in [0.29, 0.717) is 5.56 Å². The van der Waals surface area contributed by atoms with Crippen molar-refractivity contribution in [3.63, 3.8) is 0 Å². The van der Waals surface area contributed by atoms with Gasteiger partial charge < -0.3 is 15.2 Å². The zero-order valence-corrected chi connectivity index (χ0v) is 17.0. The second kappa shape index (κ2) is 8.09. The molecule has 6 heteroatoms. The maximum absolute atomic E-state index is 12.3. The van der Waals surface area contributed by atoms with Crippen LogP contribution in [0.5, 0.6) is 0 Å². The van der Waals surface area contributed by atoms with E-state index in [9.17, 15) is 9.59 Å². The molecule has 0 aromatic heterocycles. The maximum atomic E-state index is 12.3. The van der Waals surface area contributed by atoms with E-state index >= 15 is 0 Å². The Bertz CT molecular complexity index is 1050. The van der Waals surface area contributed by atoms with Gasteiger partial charge in [-0.15, -0.1) is 0 Å². The fourth-order valence-electron chi connectivity index (χ4n) is 3.66. The number of fused-ring (bicyclic) bond motifs is 3. The van der Waals surface area contributed by atoms with Gasteiger partial charge in [-0.05, 0) is 46.0 Å². The normalized spacial score (nSPS) is 12.2. The molecular weight excluding hydrogens is 434 g/mol. The number of carboxylic acids is 1. The van der Waals surface area contributed by atoms with Crippen molar-refractivity contribution in [1.29, 1.82) is 0 Å². The highest BCUT2D eigenvalue weighted by Crippen LogP contribution is 2.44. The number of hydrogen-bond donors (Lipinski definition) is 2. The number of ether oxygens (including phenoxy) is 1. The van der Waals surface area contributed by atoms with Gasteiger partial charge in [0.25, 0.3) is 0 Å². The first kappa shape index (κ1) is 19.2. The second-order valence-corrected chi connectivity index (χ2v) is 7.64. The Hall–Kier alpha value is -3.12. The molecule has 0 radical (unpaired) electrons. The van der Waals surface area contributed by atoms with Crippen molar-refractivity contribution in [1.82, 2.24) is 5.32 Å². The fourth-order valence-corrected chi connectivity index (χ4v) is 4.05. The lowest BCUT2D eigenvalue weighted by Gasteiger charge is -2.15. The first-order valence-corrected chi connectivity index (χ1v) is 9.94. The van der Waals surface area contributed by atoms with E-state index < -0.39 is 12.1 Å². The van der Waals surface area contributed by atoms with Crippen molar-refractivity contribution in [2.75, 3.05) is 6.61 Å². The summed E-state index contributed by atoms with van der Waals surface area (Å²) in [6.45, 7) is 0.397. The third kappa shape index (κ3) is 3.89. The van der Waals surface area contributed by atoms with Crippen LogP contribution in [-0.2, 0) is 11.3 Å². The van der Waals surface area contributed by atoms with Gasteiger partial charge in [0, 0.05) is 16.9 Å². The largest absolute Gasteiger partial charge is 0.478 e. The lowest BCUT2D eigenvalue weighted by atomic mass is 9.98. The molecule has 0 saturated heterocycles. The molecule has 146 valence electrons. The lowest BCUT2D eigenvalue weighted by Crippen LogP contribution is -2.26. The molecule has 0 unspecified atom stereocenters. The standard InChI is InChI=1S/C23H18BrNO4/c24-21-10-9-14(22(26)27)11-15(21)12-25-23(28)29-13-20-18-7-3-1-5-16(18)17-6-2-4-8-19(17)20/h1-11,20H,12-13H2,(H,25,28)(H,26,27). The molecule has 0 saturated carbocycles. The number of aromatic carboxylic acids is 1. The number of amides is 1. The number of hydrogen-bond acceptors (Lipinski definition) is 3. The Morgan fingerprint density at radius 1 is 0.966 bits per heavy atom. The molecule has 0 fully saturated rings. The second-order valence-electron chi connectivity index (χ2n) is 6.79. The highest BCUT2D eigenvalue weighted by Gasteiger charge is 2.28. The molecule has 0 aliphatic heterocycles. The van der Waals surface area contributed by atoms with Gasteiger partial charge in [-0.25, -0.2) is 9.59 Å². The molecule has 0 bridgehead atoms. The van der Waals surface area contributed by atoms with Crippen LogP contribution < -0.4 is 5.32 Å². The van der Waals surface area contributed by atoms with E-state index in [2.05, 4.69) is 45.5 Å². The van der Waals surface area contributed by atoms with E-state index in [4.69, 9.17) is 9.84 Å². The Morgan fingerprint density at radius 2 is 1.59 bits per heavy atom. The van der Waals surface area contributed by atoms with Gasteiger partial charge in [0.1, 0.15) is 6.61 Å². The highest BCUT2D eigenvalue weighted by atomic mass is 79.9. The van der Waals surface area contributed by atoms with Crippen LogP contribution in [0.15, 0.2) is 71.2 Å². The van der Waals surface area contributed by atoms with Crippen LogP contribution in [0.1, 0.15) is 33.0 Å². The van der Waals surface area contributed by atoms with Gasteiger partial charge in [-0.1, -0.05) is 64.5 Å². The topological polar surface area (TPSA) is 75.6 Å². The summed E-state index contributed by atoms with van der Waals surface area (Å²) in [4.78, 5) is 23.4. The molecule has 0 atom stereocenters. The Balaban J connectivity index is 1.42. The molecule has 0 heterocycles. The zero-order valence-electron chi connectivity index (χ0n) is 15.4. The zero-order chi connectivity index (χ0) is 20.4. The van der Waals surface area contributed by atoms with E-state index in [-0.39, 0.29) is 24.6 Å². The van der Waals surface area contributed by atoms with Crippen LogP contribution in [-0.4, -0.2) is 23.8 Å². The van der Waals surface area contributed by atoms with Crippen molar-refractivity contribution < 1.29 is 19.4 Å². The van der Waals surface area contributed by atoms with Crippen molar-refractivity contribution in [2.24, 2.45) is 0 Å². The van der Waals surface area contributed by atoms with E-state index in [0.717, 1.165) is 15.6 Å². The third-order valence-electron chi connectivity index (χ3n) is 5.06. The number of carbonyl (C=O) groups is 2. The Labute approximate surface area is 176 Å². The first-order chi connectivity index (χ1) is 14.0. The molecule has 2 N–H and O–H groups in total. The minimum Gasteiger partial charge on any atom is -0.478 e. The summed E-state index contributed by atoms with van der Waals surface area (Å²) in [5, 5.41) is 11.8. The summed E-state index contributed by atoms with van der Waals surface area (Å²) in [5.41, 5.74) is 5.48. The average molecular weight is 452 g/mol. The van der Waals surface area contributed by atoms with Crippen molar-refractivity contribution in [2.45, 2.75) is 12.5 Å². The first-order valence-electron chi connectivity index (χ1n) is 9.15. The van der Waals surface area contributed by atoms with Gasteiger partial charge in [0.05, 0.1) is 5.56 Å². The number of rotatable bonds is 5. The Kier molecular flexibility index (Phi) is 5.36. The molecule has 1 aliphatic carbocycles. The molecule has 1 amide bonds. The van der Waals surface area contributed by atoms with Gasteiger partial charge in [-0.3, -0.25) is 0 Å². The molecule has 1 aliphatic rings. The molecule has 4 rings (SSSR count). The minimum absolute atomic E-state index is 0.00442. The SMILES string of the molecule is O=C(NCc1cc(C(=O)O)ccc1Br)OCC1c2ccccc2-c2ccccc21. The van der Waals surface area contributed by atoms with Gasteiger partial charge in [0.2, 0.25) is 0 Å². The quantitative estimate of drug-likeness (QED) is 0.559. The fraction of sp³-hybridized carbons (Fsp3) is 0.130. The monoisotopic (exact) mass is 451 g/mol. The number of carbonyl (C=O) groups excluding carboxylic acids is 1. The summed E-state index contributed by atoms with van der Waals surface area (Å²) in [6.07, 6.45) is -0.542. The predicted octanol–water partition coefficient (Wildman–Crippen LogP) is 5.19. The molecule has 0 spiro atoms. The van der Waals surface area contributed by atoms with E-state index in [1.54, 1.807) is 6.07 Å². The predicted molar refractivity (Wildman–Crippen MR) is 113 cm³/mol. The van der Waals surface area contributed by atoms with Crippen LogP contribution in [0.2, 0.25) is 0 Å². The highest BCUT2D eigenvalue weighted by molar-refractivity contribution is 9.10. The van der Waals surface area contributed by atoms with Crippen molar-refractivity contribution in [3.8, 4) is 11.1 Å². The molecular formula is C23H18BrNO4. The van der Waals surface area contributed by atoms with Crippen LogP contribution in [0.25, 0.3) is 11.1 Å². The van der Waals surface area contributed by atoms with Gasteiger partial charge >= 0.3 is 12.1 Å². The number of nitrogens with one attached hydrogen (secondary N) is 1. The van der Waals surface area contributed by atoms with E-state index in [1.807, 2.05) is 24.3 Å². The number of halogens is 1. The smallest absolute Gasteiger partial charge is 0.407 e. The van der Waals surface area contributed by atoms with Crippen LogP contribution in [0, 0.1) is 0 Å². The number of benzene rings is 3. The summed E-state index contributed by atoms with van der Waals surface area (Å²) in [5.74, 6) is -1.02. The number of carboxylic acid groups (broad SMARTS) is 1. The molecule has 5 nitrogen and oxygen atoms in total. The Morgan fingerprint density at radius 3 is 2.21 bits per heavy atom. The van der Waals surface area contributed by atoms with Crippen molar-refractivity contribution >= 4 is 28.0 Å². The van der Waals surface area contributed by atoms with Gasteiger partial charge in [-0.2, -0.15) is 0 Å². The number of alkyl carbamates (subject to hydrolysis) is 1. The summed E-state index contributed by atoms with van der Waals surface area (Å²) >= 11 is 3.37. The molecule has 3 aromatic rings. The summed E-state index contributed by atoms with van der Waals surface area (Å²) < 4.78 is 6.22.